The van der Waals surface area contributed by atoms with Gasteiger partial charge in [0.15, 0.2) is 0 Å². The number of carbonyl (C=O) groups excluding carboxylic acids is 1. The van der Waals surface area contributed by atoms with Gasteiger partial charge in [-0.05, 0) is 11.1 Å². The SMILES string of the molecule is CC(=O)Nc1nnc(S(=O)(=O)NCc2ccccc2CN2CCOCC2)s1. The van der Waals surface area contributed by atoms with Crippen molar-refractivity contribution in [2.75, 3.05) is 31.6 Å². The molecule has 27 heavy (non-hydrogen) atoms. The molecule has 1 aromatic carbocycles. The summed E-state index contributed by atoms with van der Waals surface area (Å²) in [6.45, 7) is 5.35. The smallest absolute Gasteiger partial charge is 0.270 e. The highest BCUT2D eigenvalue weighted by atomic mass is 32.2. The van der Waals surface area contributed by atoms with Crippen molar-refractivity contribution < 1.29 is 17.9 Å². The molecule has 0 spiro atoms. The van der Waals surface area contributed by atoms with Gasteiger partial charge in [0.05, 0.1) is 13.2 Å². The van der Waals surface area contributed by atoms with Crippen molar-refractivity contribution >= 4 is 32.4 Å². The molecule has 11 heteroatoms. The highest BCUT2D eigenvalue weighted by Crippen LogP contribution is 2.20. The van der Waals surface area contributed by atoms with Gasteiger partial charge in [0, 0.05) is 33.1 Å². The molecule has 0 radical (unpaired) electrons. The molecule has 2 heterocycles. The van der Waals surface area contributed by atoms with Crippen LogP contribution in [-0.4, -0.2) is 55.7 Å². The summed E-state index contributed by atoms with van der Waals surface area (Å²) < 4.78 is 32.7. The second kappa shape index (κ2) is 8.85. The second-order valence-electron chi connectivity index (χ2n) is 6.04. The number of rotatable bonds is 7. The Morgan fingerprint density at radius 2 is 1.93 bits per heavy atom. The van der Waals surface area contributed by atoms with Gasteiger partial charge in [0.1, 0.15) is 0 Å². The van der Waals surface area contributed by atoms with E-state index in [-0.39, 0.29) is 21.9 Å². The number of benzene rings is 1. The summed E-state index contributed by atoms with van der Waals surface area (Å²) in [4.78, 5) is 13.3. The van der Waals surface area contributed by atoms with Crippen molar-refractivity contribution in [2.24, 2.45) is 0 Å². The molecule has 2 N–H and O–H groups in total. The number of hydrogen-bond acceptors (Lipinski definition) is 8. The zero-order valence-electron chi connectivity index (χ0n) is 14.8. The molecule has 0 saturated carbocycles. The first-order valence-electron chi connectivity index (χ1n) is 8.42. The van der Waals surface area contributed by atoms with Crippen molar-refractivity contribution in [3.63, 3.8) is 0 Å². The highest BCUT2D eigenvalue weighted by molar-refractivity contribution is 7.91. The lowest BCUT2D eigenvalue weighted by Gasteiger charge is -2.27. The molecule has 0 unspecified atom stereocenters. The quantitative estimate of drug-likeness (QED) is 0.648. The Balaban J connectivity index is 1.66. The third-order valence-electron chi connectivity index (χ3n) is 3.99. The molecule has 0 aliphatic carbocycles. The number of carbonyl (C=O) groups is 1. The van der Waals surface area contributed by atoms with Gasteiger partial charge < -0.3 is 10.1 Å². The van der Waals surface area contributed by atoms with E-state index < -0.39 is 10.0 Å². The summed E-state index contributed by atoms with van der Waals surface area (Å²) in [6.07, 6.45) is 0. The topological polar surface area (TPSA) is 114 Å². The van der Waals surface area contributed by atoms with Crippen LogP contribution in [-0.2, 0) is 32.6 Å². The molecule has 0 atom stereocenters. The summed E-state index contributed by atoms with van der Waals surface area (Å²) >= 11 is 0.809. The fraction of sp³-hybridized carbons (Fsp3) is 0.438. The lowest BCUT2D eigenvalue weighted by atomic mass is 10.1. The minimum Gasteiger partial charge on any atom is -0.379 e. The van der Waals surface area contributed by atoms with Crippen LogP contribution in [0.1, 0.15) is 18.1 Å². The number of nitrogens with zero attached hydrogens (tertiary/aromatic N) is 3. The van der Waals surface area contributed by atoms with Crippen LogP contribution in [0.2, 0.25) is 0 Å². The Bertz CT molecular complexity index is 894. The molecule has 2 aromatic rings. The van der Waals surface area contributed by atoms with Gasteiger partial charge in [-0.25, -0.2) is 13.1 Å². The van der Waals surface area contributed by atoms with E-state index in [1.54, 1.807) is 0 Å². The van der Waals surface area contributed by atoms with E-state index in [0.717, 1.165) is 42.1 Å². The van der Waals surface area contributed by atoms with E-state index in [1.807, 2.05) is 24.3 Å². The highest BCUT2D eigenvalue weighted by Gasteiger charge is 2.21. The number of ether oxygens (including phenoxy) is 1. The van der Waals surface area contributed by atoms with Gasteiger partial charge in [-0.15, -0.1) is 10.2 Å². The zero-order valence-corrected chi connectivity index (χ0v) is 16.5. The van der Waals surface area contributed by atoms with Gasteiger partial charge in [-0.2, -0.15) is 0 Å². The van der Waals surface area contributed by atoms with Crippen molar-refractivity contribution in [1.29, 1.82) is 0 Å². The predicted octanol–water partition coefficient (Wildman–Crippen LogP) is 0.807. The summed E-state index contributed by atoms with van der Waals surface area (Å²) in [7, 11) is -3.81. The van der Waals surface area contributed by atoms with Crippen LogP contribution in [0.25, 0.3) is 0 Å². The normalized spacial score (nSPS) is 15.6. The number of nitrogens with one attached hydrogen (secondary N) is 2. The molecule has 146 valence electrons. The van der Waals surface area contributed by atoms with Crippen LogP contribution in [0, 0.1) is 0 Å². The van der Waals surface area contributed by atoms with Crippen LogP contribution >= 0.6 is 11.3 Å². The Morgan fingerprint density at radius 3 is 2.63 bits per heavy atom. The summed E-state index contributed by atoms with van der Waals surface area (Å²) in [5, 5.41) is 9.89. The first-order valence-corrected chi connectivity index (χ1v) is 10.7. The molecule has 9 nitrogen and oxygen atoms in total. The average Bonchev–Trinajstić information content (AvgIpc) is 3.11. The predicted molar refractivity (Wildman–Crippen MR) is 101 cm³/mol. The van der Waals surface area contributed by atoms with Crippen molar-refractivity contribution in [2.45, 2.75) is 24.4 Å². The van der Waals surface area contributed by atoms with Gasteiger partial charge in [-0.3, -0.25) is 9.69 Å². The van der Waals surface area contributed by atoms with Crippen molar-refractivity contribution in [3.05, 3.63) is 35.4 Å². The van der Waals surface area contributed by atoms with E-state index in [1.165, 1.54) is 6.92 Å². The maximum absolute atomic E-state index is 12.5. The average molecular weight is 412 g/mol. The van der Waals surface area contributed by atoms with Crippen LogP contribution < -0.4 is 10.0 Å². The number of morpholine rings is 1. The third kappa shape index (κ3) is 5.53. The van der Waals surface area contributed by atoms with E-state index in [2.05, 4.69) is 25.1 Å². The third-order valence-corrected chi connectivity index (χ3v) is 6.60. The van der Waals surface area contributed by atoms with Gasteiger partial charge in [-0.1, -0.05) is 35.6 Å². The Morgan fingerprint density at radius 1 is 1.22 bits per heavy atom. The summed E-state index contributed by atoms with van der Waals surface area (Å²) in [5.41, 5.74) is 1.97. The van der Waals surface area contributed by atoms with E-state index in [9.17, 15) is 13.2 Å². The standard InChI is InChI=1S/C16H21N5O4S2/c1-12(22)18-15-19-20-16(26-15)27(23,24)17-10-13-4-2-3-5-14(13)11-21-6-8-25-9-7-21/h2-5,17H,6-11H2,1H3,(H,18,19,22). The summed E-state index contributed by atoms with van der Waals surface area (Å²) in [6, 6.07) is 7.73. The summed E-state index contributed by atoms with van der Waals surface area (Å²) in [5.74, 6) is -0.333. The number of anilines is 1. The maximum Gasteiger partial charge on any atom is 0.270 e. The monoisotopic (exact) mass is 411 g/mol. The Labute approximate surface area is 161 Å². The number of hydrogen-bond donors (Lipinski definition) is 2. The van der Waals surface area contributed by atoms with Crippen LogP contribution in [0.3, 0.4) is 0 Å². The zero-order chi connectivity index (χ0) is 19.3. The van der Waals surface area contributed by atoms with Crippen molar-refractivity contribution in [3.8, 4) is 0 Å². The minimum absolute atomic E-state index is 0.149. The number of aromatic nitrogens is 2. The Kier molecular flexibility index (Phi) is 6.50. The molecule has 0 bridgehead atoms. The van der Waals surface area contributed by atoms with Gasteiger partial charge >= 0.3 is 0 Å². The fourth-order valence-corrected chi connectivity index (χ4v) is 4.63. The molecule has 1 fully saturated rings. The number of sulfonamides is 1. The van der Waals surface area contributed by atoms with Gasteiger partial charge in [0.2, 0.25) is 15.4 Å². The maximum atomic E-state index is 12.5. The molecule has 1 saturated heterocycles. The van der Waals surface area contributed by atoms with Crippen molar-refractivity contribution in [1.82, 2.24) is 19.8 Å². The number of amides is 1. The molecule has 1 amide bonds. The molecule has 1 aliphatic rings. The molecule has 1 aromatic heterocycles. The molecular weight excluding hydrogens is 390 g/mol. The lowest BCUT2D eigenvalue weighted by Crippen LogP contribution is -2.36. The minimum atomic E-state index is -3.81. The molecule has 3 rings (SSSR count). The Hall–Kier alpha value is -1.92. The van der Waals surface area contributed by atoms with E-state index in [0.29, 0.717) is 13.2 Å². The first-order chi connectivity index (χ1) is 12.9. The van der Waals surface area contributed by atoms with Crippen LogP contribution in [0.4, 0.5) is 5.13 Å². The van der Waals surface area contributed by atoms with E-state index in [4.69, 9.17) is 4.74 Å². The van der Waals surface area contributed by atoms with Gasteiger partial charge in [0.25, 0.3) is 10.0 Å². The van der Waals surface area contributed by atoms with Crippen LogP contribution in [0.15, 0.2) is 28.6 Å². The first kappa shape index (κ1) is 19.8. The van der Waals surface area contributed by atoms with Crippen LogP contribution in [0.5, 0.6) is 0 Å². The second-order valence-corrected chi connectivity index (χ2v) is 8.95. The fourth-order valence-electron chi connectivity index (χ4n) is 2.64. The van der Waals surface area contributed by atoms with E-state index >= 15 is 0 Å². The molecule has 1 aliphatic heterocycles. The largest absolute Gasteiger partial charge is 0.379 e. The molecular formula is C16H21N5O4S2. The lowest BCUT2D eigenvalue weighted by molar-refractivity contribution is -0.114.